The van der Waals surface area contributed by atoms with Gasteiger partial charge in [0.2, 0.25) is 11.7 Å². The molecule has 7 nitrogen and oxygen atoms in total. The number of carbonyl (C=O) groups is 3. The summed E-state index contributed by atoms with van der Waals surface area (Å²) >= 11 is 0. The molecule has 0 radical (unpaired) electrons. The van der Waals surface area contributed by atoms with Crippen molar-refractivity contribution in [3.05, 3.63) is 47.2 Å². The van der Waals surface area contributed by atoms with Gasteiger partial charge in [0.05, 0.1) is 12.5 Å². The maximum absolute atomic E-state index is 11.9. The van der Waals surface area contributed by atoms with E-state index in [1.807, 2.05) is 6.07 Å². The highest BCUT2D eigenvalue weighted by Crippen LogP contribution is 2.17. The SMILES string of the molecule is CC(=O)NC(CC(=O)OCC(=O)/C(C#N)=C(\C)N)c1ccccc1. The molecule has 1 rings (SSSR count). The third-order valence-corrected chi connectivity index (χ3v) is 3.10. The van der Waals surface area contributed by atoms with E-state index in [0.717, 1.165) is 5.56 Å². The van der Waals surface area contributed by atoms with Crippen LogP contribution in [0.3, 0.4) is 0 Å². The Labute approximate surface area is 140 Å². The summed E-state index contributed by atoms with van der Waals surface area (Å²) in [6.45, 7) is 2.19. The van der Waals surface area contributed by atoms with Crippen LogP contribution in [0.1, 0.15) is 31.9 Å². The average molecular weight is 329 g/mol. The zero-order valence-corrected chi connectivity index (χ0v) is 13.5. The molecule has 0 saturated heterocycles. The summed E-state index contributed by atoms with van der Waals surface area (Å²) in [4.78, 5) is 35.0. The molecule has 1 unspecified atom stereocenters. The van der Waals surface area contributed by atoms with Crippen molar-refractivity contribution in [1.29, 1.82) is 5.26 Å². The second kappa shape index (κ2) is 9.10. The maximum Gasteiger partial charge on any atom is 0.308 e. The van der Waals surface area contributed by atoms with Gasteiger partial charge in [-0.05, 0) is 12.5 Å². The molecule has 24 heavy (non-hydrogen) atoms. The molecule has 0 spiro atoms. The molecule has 1 amide bonds. The van der Waals surface area contributed by atoms with Crippen LogP contribution in [0.25, 0.3) is 0 Å². The second-order valence-electron chi connectivity index (χ2n) is 5.12. The summed E-state index contributed by atoms with van der Waals surface area (Å²) in [6, 6.07) is 10.0. The van der Waals surface area contributed by atoms with Crippen LogP contribution in [0.5, 0.6) is 0 Å². The minimum absolute atomic E-state index is 0.0685. The molecule has 1 aromatic carbocycles. The molecule has 0 aliphatic heterocycles. The van der Waals surface area contributed by atoms with Crippen molar-refractivity contribution in [2.45, 2.75) is 26.3 Å². The molecule has 0 aliphatic carbocycles. The largest absolute Gasteiger partial charge is 0.457 e. The average Bonchev–Trinajstić information content (AvgIpc) is 2.53. The van der Waals surface area contributed by atoms with Gasteiger partial charge in [0.25, 0.3) is 0 Å². The fraction of sp³-hybridized carbons (Fsp3) is 0.294. The normalized spacial score (nSPS) is 12.4. The number of amides is 1. The lowest BCUT2D eigenvalue weighted by Crippen LogP contribution is -2.29. The fourth-order valence-electron chi connectivity index (χ4n) is 2.00. The lowest BCUT2D eigenvalue weighted by molar-refractivity contribution is -0.147. The van der Waals surface area contributed by atoms with E-state index in [2.05, 4.69) is 5.32 Å². The highest BCUT2D eigenvalue weighted by molar-refractivity contribution is 6.01. The number of allylic oxidation sites excluding steroid dienone is 1. The maximum atomic E-state index is 11.9. The van der Waals surface area contributed by atoms with Gasteiger partial charge in [-0.3, -0.25) is 14.4 Å². The highest BCUT2D eigenvalue weighted by Gasteiger charge is 2.20. The number of hydrogen-bond donors (Lipinski definition) is 2. The molecule has 126 valence electrons. The van der Waals surface area contributed by atoms with Crippen molar-refractivity contribution >= 4 is 17.7 Å². The molecule has 7 heteroatoms. The van der Waals surface area contributed by atoms with E-state index in [4.69, 9.17) is 15.7 Å². The first-order valence-electron chi connectivity index (χ1n) is 7.22. The van der Waals surface area contributed by atoms with Gasteiger partial charge in [-0.25, -0.2) is 0 Å². The summed E-state index contributed by atoms with van der Waals surface area (Å²) in [5.74, 6) is -1.62. The number of nitrogens with one attached hydrogen (secondary N) is 1. The third kappa shape index (κ3) is 5.93. The predicted molar refractivity (Wildman–Crippen MR) is 86.1 cm³/mol. The van der Waals surface area contributed by atoms with Gasteiger partial charge in [-0.15, -0.1) is 0 Å². The number of Topliss-reactive ketones (excluding diaryl/α,β-unsaturated/α-hetero) is 1. The zero-order chi connectivity index (χ0) is 18.1. The van der Waals surface area contributed by atoms with Crippen LogP contribution in [0.4, 0.5) is 0 Å². The Morgan fingerprint density at radius 2 is 1.88 bits per heavy atom. The van der Waals surface area contributed by atoms with Crippen LogP contribution >= 0.6 is 0 Å². The number of rotatable bonds is 7. The van der Waals surface area contributed by atoms with E-state index in [9.17, 15) is 14.4 Å². The molecule has 0 fully saturated rings. The van der Waals surface area contributed by atoms with E-state index in [1.54, 1.807) is 30.3 Å². The smallest absolute Gasteiger partial charge is 0.308 e. The number of benzene rings is 1. The van der Waals surface area contributed by atoms with Crippen molar-refractivity contribution in [1.82, 2.24) is 5.32 Å². The Morgan fingerprint density at radius 1 is 1.25 bits per heavy atom. The Bertz CT molecular complexity index is 686. The zero-order valence-electron chi connectivity index (χ0n) is 13.5. The number of ether oxygens (including phenoxy) is 1. The lowest BCUT2D eigenvalue weighted by atomic mass is 10.0. The molecule has 0 aromatic heterocycles. The Hall–Kier alpha value is -3.14. The molecule has 1 aromatic rings. The number of hydrogen-bond acceptors (Lipinski definition) is 6. The molecule has 0 bridgehead atoms. The molecule has 3 N–H and O–H groups in total. The van der Waals surface area contributed by atoms with Crippen molar-refractivity contribution in [2.24, 2.45) is 5.73 Å². The molecular weight excluding hydrogens is 310 g/mol. The van der Waals surface area contributed by atoms with Crippen LogP contribution < -0.4 is 11.1 Å². The lowest BCUT2D eigenvalue weighted by Gasteiger charge is -2.17. The van der Waals surface area contributed by atoms with Crippen LogP contribution in [0.2, 0.25) is 0 Å². The van der Waals surface area contributed by atoms with Gasteiger partial charge in [-0.2, -0.15) is 5.26 Å². The van der Waals surface area contributed by atoms with Crippen molar-refractivity contribution in [3.8, 4) is 6.07 Å². The Balaban J connectivity index is 2.70. The van der Waals surface area contributed by atoms with Crippen molar-refractivity contribution < 1.29 is 19.1 Å². The van der Waals surface area contributed by atoms with Crippen LogP contribution in [-0.2, 0) is 19.1 Å². The van der Waals surface area contributed by atoms with E-state index in [-0.39, 0.29) is 23.6 Å². The first-order valence-corrected chi connectivity index (χ1v) is 7.22. The molecule has 0 saturated carbocycles. The second-order valence-corrected chi connectivity index (χ2v) is 5.12. The Kier molecular flexibility index (Phi) is 7.17. The summed E-state index contributed by atoms with van der Waals surface area (Å²) in [6.07, 6.45) is -0.135. The Morgan fingerprint density at radius 3 is 2.38 bits per heavy atom. The molecule has 0 heterocycles. The third-order valence-electron chi connectivity index (χ3n) is 3.10. The monoisotopic (exact) mass is 329 g/mol. The standard InChI is InChI=1S/C17H19N3O4/c1-11(19)14(9-18)16(22)10-24-17(23)8-15(20-12(2)21)13-6-4-3-5-7-13/h3-7,15H,8,10,19H2,1-2H3,(H,20,21)/b14-11+. The molecular formula is C17H19N3O4. The van der Waals surface area contributed by atoms with Gasteiger partial charge in [0.15, 0.2) is 6.61 Å². The highest BCUT2D eigenvalue weighted by atomic mass is 16.5. The number of nitrogens with zero attached hydrogens (tertiary/aromatic N) is 1. The topological polar surface area (TPSA) is 122 Å². The van der Waals surface area contributed by atoms with E-state index in [1.165, 1.54) is 13.8 Å². The number of nitrogens with two attached hydrogens (primary N) is 1. The van der Waals surface area contributed by atoms with E-state index >= 15 is 0 Å². The van der Waals surface area contributed by atoms with Crippen molar-refractivity contribution in [2.75, 3.05) is 6.61 Å². The van der Waals surface area contributed by atoms with Gasteiger partial charge >= 0.3 is 5.97 Å². The van der Waals surface area contributed by atoms with Gasteiger partial charge in [-0.1, -0.05) is 30.3 Å². The summed E-state index contributed by atoms with van der Waals surface area (Å²) in [5, 5.41) is 11.5. The quantitative estimate of drug-likeness (QED) is 0.439. The summed E-state index contributed by atoms with van der Waals surface area (Å²) < 4.78 is 4.89. The van der Waals surface area contributed by atoms with Gasteiger partial charge < -0.3 is 15.8 Å². The van der Waals surface area contributed by atoms with Gasteiger partial charge in [0, 0.05) is 12.6 Å². The van der Waals surface area contributed by atoms with Crippen LogP contribution in [-0.4, -0.2) is 24.3 Å². The fourth-order valence-corrected chi connectivity index (χ4v) is 2.00. The van der Waals surface area contributed by atoms with Gasteiger partial charge in [0.1, 0.15) is 11.6 Å². The summed E-state index contributed by atoms with van der Waals surface area (Å²) in [7, 11) is 0. The minimum Gasteiger partial charge on any atom is -0.457 e. The number of esters is 1. The molecule has 1 atom stereocenters. The number of carbonyl (C=O) groups excluding carboxylic acids is 3. The van der Waals surface area contributed by atoms with E-state index in [0.29, 0.717) is 0 Å². The predicted octanol–water partition coefficient (Wildman–Crippen LogP) is 1.12. The van der Waals surface area contributed by atoms with Crippen LogP contribution in [0, 0.1) is 11.3 Å². The van der Waals surface area contributed by atoms with E-state index < -0.39 is 24.4 Å². The minimum atomic E-state index is -0.669. The van der Waals surface area contributed by atoms with Crippen LogP contribution in [0.15, 0.2) is 41.6 Å². The number of ketones is 1. The number of nitriles is 1. The first kappa shape index (κ1) is 18.9. The summed E-state index contributed by atoms with van der Waals surface area (Å²) in [5.41, 5.74) is 5.99. The van der Waals surface area contributed by atoms with Crippen molar-refractivity contribution in [3.63, 3.8) is 0 Å². The first-order chi connectivity index (χ1) is 11.3. The molecule has 0 aliphatic rings.